The minimum absolute atomic E-state index is 0.0186. The van der Waals surface area contributed by atoms with Crippen molar-refractivity contribution < 1.29 is 5.11 Å². The Bertz CT molecular complexity index is 822. The Labute approximate surface area is 164 Å². The number of benzene rings is 3. The fourth-order valence-electron chi connectivity index (χ4n) is 3.28. The average molecular weight is 377 g/mol. The molecule has 27 heavy (non-hydrogen) atoms. The number of hydrogen-bond donors (Lipinski definition) is 2. The lowest BCUT2D eigenvalue weighted by molar-refractivity contribution is 0.139. The highest BCUT2D eigenvalue weighted by atomic mass is 31.1. The second-order valence-electron chi connectivity index (χ2n) is 6.75. The fourth-order valence-corrected chi connectivity index (χ4v) is 5.76. The van der Waals surface area contributed by atoms with E-state index < -0.39 is 14.0 Å². The highest BCUT2D eigenvalue weighted by molar-refractivity contribution is 7.73. The predicted molar refractivity (Wildman–Crippen MR) is 117 cm³/mol. The predicted octanol–water partition coefficient (Wildman–Crippen LogP) is 4.35. The van der Waals surface area contributed by atoms with Crippen LogP contribution >= 0.6 is 7.92 Å². The first kappa shape index (κ1) is 19.8. The van der Waals surface area contributed by atoms with Crippen molar-refractivity contribution in [2.45, 2.75) is 32.4 Å². The molecule has 0 aliphatic rings. The molecule has 3 aromatic rings. The largest absolute Gasteiger partial charge is 0.387 e. The summed E-state index contributed by atoms with van der Waals surface area (Å²) in [6, 6.07) is 29.3. The van der Waals surface area contributed by atoms with E-state index >= 15 is 0 Å². The van der Waals surface area contributed by atoms with Crippen molar-refractivity contribution in [2.75, 3.05) is 6.29 Å². The molecule has 0 amide bonds. The number of nitrogens with one attached hydrogen (secondary N) is 1. The molecule has 0 heterocycles. The summed E-state index contributed by atoms with van der Waals surface area (Å²) in [4.78, 5) is 0. The van der Waals surface area contributed by atoms with E-state index in [-0.39, 0.29) is 6.04 Å². The lowest BCUT2D eigenvalue weighted by Crippen LogP contribution is -2.35. The van der Waals surface area contributed by atoms with Gasteiger partial charge in [0.05, 0.1) is 6.10 Å². The zero-order valence-corrected chi connectivity index (χ0v) is 16.9. The van der Waals surface area contributed by atoms with Crippen LogP contribution in [0.2, 0.25) is 0 Å². The van der Waals surface area contributed by atoms with Crippen molar-refractivity contribution in [3.05, 3.63) is 96.1 Å². The number of aliphatic hydroxyl groups excluding tert-OH is 1. The summed E-state index contributed by atoms with van der Waals surface area (Å²) in [5.74, 6) is 0. The molecule has 3 aromatic carbocycles. The second-order valence-corrected chi connectivity index (χ2v) is 8.92. The zero-order chi connectivity index (χ0) is 19.1. The molecular formula is C24H28NOP. The molecule has 3 heteroatoms. The van der Waals surface area contributed by atoms with Gasteiger partial charge < -0.3 is 10.4 Å². The summed E-state index contributed by atoms with van der Waals surface area (Å²) in [5, 5.41) is 17.1. The van der Waals surface area contributed by atoms with Gasteiger partial charge in [0.1, 0.15) is 0 Å². The van der Waals surface area contributed by atoms with Gasteiger partial charge in [-0.3, -0.25) is 0 Å². The molecule has 0 radical (unpaired) electrons. The van der Waals surface area contributed by atoms with Crippen LogP contribution in [0.4, 0.5) is 0 Å². The monoisotopic (exact) mass is 377 g/mol. The first-order valence-corrected chi connectivity index (χ1v) is 11.1. The van der Waals surface area contributed by atoms with Crippen LogP contribution in [0.5, 0.6) is 0 Å². The molecule has 2 nitrogen and oxygen atoms in total. The number of hydrogen-bond acceptors (Lipinski definition) is 2. The van der Waals surface area contributed by atoms with E-state index in [1.54, 1.807) is 0 Å². The Morgan fingerprint density at radius 3 is 2.11 bits per heavy atom. The summed E-state index contributed by atoms with van der Waals surface area (Å²) in [5.41, 5.74) is 2.36. The van der Waals surface area contributed by atoms with Gasteiger partial charge in [-0.05, 0) is 43.0 Å². The van der Waals surface area contributed by atoms with E-state index in [9.17, 15) is 5.11 Å². The highest BCUT2D eigenvalue weighted by Gasteiger charge is 2.20. The molecule has 3 rings (SSSR count). The van der Waals surface area contributed by atoms with Gasteiger partial charge in [-0.2, -0.15) is 0 Å². The number of aliphatic hydroxyl groups is 1. The Morgan fingerprint density at radius 2 is 1.44 bits per heavy atom. The first-order chi connectivity index (χ1) is 13.2. The summed E-state index contributed by atoms with van der Waals surface area (Å²) < 4.78 is 0. The Hall–Kier alpha value is -1.99. The van der Waals surface area contributed by atoms with Gasteiger partial charge in [-0.15, -0.1) is 0 Å². The molecule has 2 N–H and O–H groups in total. The maximum atomic E-state index is 10.7. The third-order valence-electron chi connectivity index (χ3n) is 4.92. The van der Waals surface area contributed by atoms with Gasteiger partial charge in [0, 0.05) is 12.3 Å². The molecule has 0 aliphatic carbocycles. The maximum absolute atomic E-state index is 10.7. The van der Waals surface area contributed by atoms with Gasteiger partial charge in [0.25, 0.3) is 0 Å². The molecular weight excluding hydrogens is 349 g/mol. The maximum Gasteiger partial charge on any atom is 0.0940 e. The van der Waals surface area contributed by atoms with Gasteiger partial charge in [-0.25, -0.2) is 0 Å². The summed E-state index contributed by atoms with van der Waals surface area (Å²) >= 11 is 0. The smallest absolute Gasteiger partial charge is 0.0940 e. The molecule has 3 atom stereocenters. The molecule has 0 aromatic heterocycles. The van der Waals surface area contributed by atoms with Crippen molar-refractivity contribution in [1.29, 1.82) is 0 Å². The zero-order valence-electron chi connectivity index (χ0n) is 16.0. The van der Waals surface area contributed by atoms with Crippen molar-refractivity contribution in [1.82, 2.24) is 5.32 Å². The topological polar surface area (TPSA) is 32.3 Å². The average Bonchev–Trinajstić information content (AvgIpc) is 2.75. The summed E-state index contributed by atoms with van der Waals surface area (Å²) in [7, 11) is -0.526. The molecule has 0 fully saturated rings. The Balaban J connectivity index is 1.80. The number of rotatable bonds is 8. The van der Waals surface area contributed by atoms with Crippen LogP contribution < -0.4 is 15.9 Å². The van der Waals surface area contributed by atoms with E-state index in [2.05, 4.69) is 73.8 Å². The normalized spacial score (nSPS) is 14.5. The van der Waals surface area contributed by atoms with Gasteiger partial charge in [-0.1, -0.05) is 91.9 Å². The quantitative estimate of drug-likeness (QED) is 0.572. The Morgan fingerprint density at radius 1 is 0.852 bits per heavy atom. The minimum Gasteiger partial charge on any atom is -0.387 e. The molecule has 0 saturated heterocycles. The van der Waals surface area contributed by atoms with Gasteiger partial charge in [0.15, 0.2) is 0 Å². The van der Waals surface area contributed by atoms with Crippen LogP contribution in [0.3, 0.4) is 0 Å². The van der Waals surface area contributed by atoms with E-state index in [1.165, 1.54) is 16.2 Å². The number of aryl methyl sites for hydroxylation is 1. The SMILES string of the molecule is CCc1ccccc1[P@@](CN[C@@H](C)[C@H](O)c1ccccc1)c1ccccc1. The third-order valence-corrected chi connectivity index (χ3v) is 7.36. The molecule has 0 saturated carbocycles. The third kappa shape index (κ3) is 5.05. The van der Waals surface area contributed by atoms with Crippen molar-refractivity contribution >= 4 is 18.5 Å². The van der Waals surface area contributed by atoms with E-state index in [0.717, 1.165) is 18.3 Å². The summed E-state index contributed by atoms with van der Waals surface area (Å²) in [6.45, 7) is 4.27. The first-order valence-electron chi connectivity index (χ1n) is 9.57. The van der Waals surface area contributed by atoms with Crippen LogP contribution in [-0.4, -0.2) is 17.4 Å². The standard InChI is InChI=1S/C24H28NOP/c1-3-20-12-10-11-17-23(20)27(22-15-8-5-9-16-22)18-25-19(2)24(26)21-13-6-4-7-14-21/h4-17,19,24-26H,3,18H2,1-2H3/t19-,24-,27-/m0/s1. The van der Waals surface area contributed by atoms with Crippen LogP contribution in [0, 0.1) is 0 Å². The second kappa shape index (κ2) is 9.80. The van der Waals surface area contributed by atoms with Crippen LogP contribution in [0.15, 0.2) is 84.9 Å². The lowest BCUT2D eigenvalue weighted by Gasteiger charge is -2.26. The van der Waals surface area contributed by atoms with Gasteiger partial charge in [0.2, 0.25) is 0 Å². The molecule has 0 unspecified atom stereocenters. The van der Waals surface area contributed by atoms with Crippen LogP contribution in [0.25, 0.3) is 0 Å². The molecule has 0 bridgehead atoms. The lowest BCUT2D eigenvalue weighted by atomic mass is 10.0. The van der Waals surface area contributed by atoms with Crippen molar-refractivity contribution in [3.63, 3.8) is 0 Å². The van der Waals surface area contributed by atoms with Gasteiger partial charge >= 0.3 is 0 Å². The van der Waals surface area contributed by atoms with E-state index in [1.807, 2.05) is 30.3 Å². The fraction of sp³-hybridized carbons (Fsp3) is 0.250. The molecule has 0 spiro atoms. The van der Waals surface area contributed by atoms with E-state index in [0.29, 0.717) is 0 Å². The minimum atomic E-state index is -0.526. The van der Waals surface area contributed by atoms with Crippen LogP contribution in [-0.2, 0) is 6.42 Å². The molecule has 140 valence electrons. The highest BCUT2D eigenvalue weighted by Crippen LogP contribution is 2.34. The Kier molecular flexibility index (Phi) is 7.18. The summed E-state index contributed by atoms with van der Waals surface area (Å²) in [6.07, 6.45) is 1.37. The molecule has 0 aliphatic heterocycles. The van der Waals surface area contributed by atoms with Crippen LogP contribution in [0.1, 0.15) is 31.1 Å². The van der Waals surface area contributed by atoms with Crippen molar-refractivity contribution in [3.8, 4) is 0 Å². The van der Waals surface area contributed by atoms with E-state index in [4.69, 9.17) is 0 Å². The van der Waals surface area contributed by atoms with Crippen molar-refractivity contribution in [2.24, 2.45) is 0 Å².